The van der Waals surface area contributed by atoms with Crippen LogP contribution in [-0.2, 0) is 9.53 Å². The van der Waals surface area contributed by atoms with E-state index in [1.165, 1.54) is 75.8 Å². The van der Waals surface area contributed by atoms with E-state index in [9.17, 15) is 4.79 Å². The minimum atomic E-state index is -0.170. The monoisotopic (exact) mass is 410 g/mol. The van der Waals surface area contributed by atoms with Gasteiger partial charge in [-0.05, 0) is 0 Å². The average molecular weight is 409 g/mol. The standard InChI is InChI=1S/C22H34O2Se/c1-3-4-5-6-7-8-9-10-11-12-16-19-21(22(23)24-2)25-20-17-14-13-15-18-20/h13-15,17-19H,3-12,16H2,1-2H3/b21-19-. The second kappa shape index (κ2) is 15.2. The van der Waals surface area contributed by atoms with Crippen LogP contribution in [0, 0.1) is 0 Å². The zero-order chi connectivity index (χ0) is 18.2. The number of unbranched alkanes of at least 4 members (excludes halogenated alkanes) is 10. The van der Waals surface area contributed by atoms with Crippen molar-refractivity contribution in [2.45, 2.75) is 77.6 Å². The van der Waals surface area contributed by atoms with Gasteiger partial charge in [0.1, 0.15) is 0 Å². The normalized spacial score (nSPS) is 11.5. The molecule has 2 nitrogen and oxygen atoms in total. The number of carbonyl (C=O) groups is 1. The summed E-state index contributed by atoms with van der Waals surface area (Å²) < 4.78 is 7.01. The number of ether oxygens (including phenoxy) is 1. The van der Waals surface area contributed by atoms with Crippen LogP contribution in [0.3, 0.4) is 0 Å². The number of esters is 1. The molecule has 0 bridgehead atoms. The SMILES string of the molecule is CCCCCCCCCCCC/C=C(\[Se]c1ccccc1)C(=O)OC. The van der Waals surface area contributed by atoms with Crippen molar-refractivity contribution in [1.82, 2.24) is 0 Å². The Morgan fingerprint density at radius 3 is 2.04 bits per heavy atom. The van der Waals surface area contributed by atoms with Crippen LogP contribution < -0.4 is 4.46 Å². The molecule has 25 heavy (non-hydrogen) atoms. The molecule has 0 atom stereocenters. The van der Waals surface area contributed by atoms with E-state index in [0.717, 1.165) is 10.9 Å². The third kappa shape index (κ3) is 11.2. The van der Waals surface area contributed by atoms with Gasteiger partial charge >= 0.3 is 147 Å². The summed E-state index contributed by atoms with van der Waals surface area (Å²) in [5.41, 5.74) is 0. The van der Waals surface area contributed by atoms with Gasteiger partial charge in [0.05, 0.1) is 0 Å². The number of benzene rings is 1. The van der Waals surface area contributed by atoms with Gasteiger partial charge in [0.25, 0.3) is 0 Å². The molecular weight excluding hydrogens is 375 g/mol. The molecule has 0 radical (unpaired) electrons. The van der Waals surface area contributed by atoms with Crippen molar-refractivity contribution in [2.24, 2.45) is 0 Å². The molecule has 0 saturated heterocycles. The summed E-state index contributed by atoms with van der Waals surface area (Å²) in [4.78, 5) is 12.0. The van der Waals surface area contributed by atoms with Crippen molar-refractivity contribution < 1.29 is 9.53 Å². The van der Waals surface area contributed by atoms with E-state index >= 15 is 0 Å². The van der Waals surface area contributed by atoms with Crippen molar-refractivity contribution in [1.29, 1.82) is 0 Å². The first-order valence-electron chi connectivity index (χ1n) is 9.79. The van der Waals surface area contributed by atoms with Gasteiger partial charge in [-0.2, -0.15) is 0 Å². The van der Waals surface area contributed by atoms with Crippen LogP contribution in [-0.4, -0.2) is 28.0 Å². The summed E-state index contributed by atoms with van der Waals surface area (Å²) in [6, 6.07) is 10.2. The Kier molecular flexibility index (Phi) is 13.4. The molecule has 1 aromatic rings. The number of carbonyl (C=O) groups excluding carboxylic acids is 1. The number of allylic oxidation sites excluding steroid dienone is 1. The number of rotatable bonds is 14. The molecule has 1 aromatic carbocycles. The maximum absolute atomic E-state index is 12.0. The molecule has 0 aliphatic rings. The van der Waals surface area contributed by atoms with Crippen LogP contribution in [0.15, 0.2) is 40.9 Å². The fraction of sp³-hybridized carbons (Fsp3) is 0.591. The van der Waals surface area contributed by atoms with Crippen LogP contribution in [0.25, 0.3) is 0 Å². The van der Waals surface area contributed by atoms with Gasteiger partial charge in [-0.1, -0.05) is 13.3 Å². The quantitative estimate of drug-likeness (QED) is 0.178. The number of hydrogen-bond acceptors (Lipinski definition) is 2. The fourth-order valence-electron chi connectivity index (χ4n) is 2.75. The zero-order valence-corrected chi connectivity index (χ0v) is 17.7. The first-order chi connectivity index (χ1) is 12.3. The van der Waals surface area contributed by atoms with Crippen molar-refractivity contribution in [3.8, 4) is 0 Å². The Balaban J connectivity index is 2.19. The van der Waals surface area contributed by atoms with Gasteiger partial charge in [0, 0.05) is 0 Å². The summed E-state index contributed by atoms with van der Waals surface area (Å²) in [6.45, 7) is 2.26. The van der Waals surface area contributed by atoms with Gasteiger partial charge in [-0.3, -0.25) is 0 Å². The molecule has 1 rings (SSSR count). The van der Waals surface area contributed by atoms with E-state index in [0.29, 0.717) is 0 Å². The van der Waals surface area contributed by atoms with Crippen LogP contribution in [0.5, 0.6) is 0 Å². The Morgan fingerprint density at radius 2 is 1.48 bits per heavy atom. The van der Waals surface area contributed by atoms with E-state index in [1.54, 1.807) is 0 Å². The van der Waals surface area contributed by atoms with Gasteiger partial charge in [0.15, 0.2) is 0 Å². The Morgan fingerprint density at radius 1 is 0.920 bits per heavy atom. The van der Waals surface area contributed by atoms with E-state index < -0.39 is 0 Å². The Hall–Kier alpha value is -1.05. The van der Waals surface area contributed by atoms with Gasteiger partial charge in [0.2, 0.25) is 0 Å². The summed E-state index contributed by atoms with van der Waals surface area (Å²) in [6.07, 6.45) is 16.5. The topological polar surface area (TPSA) is 26.3 Å². The summed E-state index contributed by atoms with van der Waals surface area (Å²) in [5.74, 6) is -0.170. The van der Waals surface area contributed by atoms with Crippen LogP contribution in [0.2, 0.25) is 0 Å². The van der Waals surface area contributed by atoms with Crippen LogP contribution in [0.1, 0.15) is 77.6 Å². The molecular formula is C22H34O2Se. The molecule has 0 saturated carbocycles. The molecule has 0 fully saturated rings. The molecule has 3 heteroatoms. The first kappa shape index (κ1) is 22.0. The molecule has 0 spiro atoms. The van der Waals surface area contributed by atoms with Crippen molar-refractivity contribution in [3.05, 3.63) is 40.9 Å². The molecule has 0 amide bonds. The summed E-state index contributed by atoms with van der Waals surface area (Å²) in [7, 11) is 1.47. The first-order valence-corrected chi connectivity index (χ1v) is 11.5. The van der Waals surface area contributed by atoms with Crippen LogP contribution in [0.4, 0.5) is 0 Å². The van der Waals surface area contributed by atoms with Crippen molar-refractivity contribution >= 4 is 25.4 Å². The zero-order valence-electron chi connectivity index (χ0n) is 16.0. The van der Waals surface area contributed by atoms with Crippen molar-refractivity contribution in [3.63, 3.8) is 0 Å². The van der Waals surface area contributed by atoms with E-state index in [-0.39, 0.29) is 20.9 Å². The molecule has 0 aliphatic carbocycles. The predicted octanol–water partition coefficient (Wildman–Crippen LogP) is 5.38. The molecule has 0 unspecified atom stereocenters. The number of hydrogen-bond donors (Lipinski definition) is 0. The predicted molar refractivity (Wildman–Crippen MR) is 108 cm³/mol. The fourth-order valence-corrected chi connectivity index (χ4v) is 4.67. The summed E-state index contributed by atoms with van der Waals surface area (Å²) >= 11 is 0.0346. The molecule has 0 heterocycles. The minimum absolute atomic E-state index is 0.0346. The molecule has 0 N–H and O–H groups in total. The Labute approximate surface area is 160 Å². The second-order valence-corrected chi connectivity index (χ2v) is 8.79. The van der Waals surface area contributed by atoms with Crippen molar-refractivity contribution in [2.75, 3.05) is 7.11 Å². The van der Waals surface area contributed by atoms with Gasteiger partial charge in [-0.25, -0.2) is 0 Å². The Bertz CT molecular complexity index is 482. The van der Waals surface area contributed by atoms with Crippen LogP contribution >= 0.6 is 0 Å². The average Bonchev–Trinajstić information content (AvgIpc) is 2.65. The van der Waals surface area contributed by atoms with E-state index in [4.69, 9.17) is 4.74 Å². The van der Waals surface area contributed by atoms with E-state index in [2.05, 4.69) is 25.1 Å². The van der Waals surface area contributed by atoms with E-state index in [1.807, 2.05) is 18.2 Å². The molecule has 0 aliphatic heterocycles. The third-order valence-corrected chi connectivity index (χ3v) is 6.47. The third-order valence-electron chi connectivity index (χ3n) is 4.25. The maximum atomic E-state index is 12.0. The molecule has 0 aromatic heterocycles. The van der Waals surface area contributed by atoms with Gasteiger partial charge in [-0.15, -0.1) is 0 Å². The second-order valence-electron chi connectivity index (χ2n) is 6.45. The van der Waals surface area contributed by atoms with Gasteiger partial charge < -0.3 is 0 Å². The molecule has 140 valence electrons. The number of methoxy groups -OCH3 is 1. The summed E-state index contributed by atoms with van der Waals surface area (Å²) in [5, 5.41) is 0.